The highest BCUT2D eigenvalue weighted by Gasteiger charge is 2.55. The first kappa shape index (κ1) is 74.5. The summed E-state index contributed by atoms with van der Waals surface area (Å²) in [5.74, 6) is -6.94. The standard InChI is InChI=1S/C71H108F2NO12P/c1-5-9-12-15-18-21-23-25-28-31-43-52-63(75)83-59(47-38-30-27-24-20-17-14-11-7-3)55-64(76)85-67-65(74-69(77)71(72,73)53-44-32-29-26-22-19-16-13-10-6-2)68(80-54-8-4)84-62(57-82-70(78)81-56-58-45-36-33-37-46-58)66(67)86-87(79,60-48-39-34-40-49-60)61-50-41-35-42-51-61/h8,33-37,39-42,45-46,48-51,59,62,65-68H,4-7,9-32,38,43-44,47,52-57H2,1-3H3,(H,74,77)/t59-,62-,65-,66-,67-,68-/m1/s1. The van der Waals surface area contributed by atoms with Crippen LogP contribution < -0.4 is 15.9 Å². The number of carbonyl (C=O) groups is 4. The van der Waals surface area contributed by atoms with Crippen molar-refractivity contribution in [3.63, 3.8) is 0 Å². The molecule has 87 heavy (non-hydrogen) atoms. The van der Waals surface area contributed by atoms with E-state index in [1.54, 1.807) is 84.9 Å². The van der Waals surface area contributed by atoms with Gasteiger partial charge in [0.25, 0.3) is 13.3 Å². The highest BCUT2D eigenvalue weighted by molar-refractivity contribution is 7.74. The maximum atomic E-state index is 16.4. The summed E-state index contributed by atoms with van der Waals surface area (Å²) < 4.78 is 91.9. The molecule has 1 aliphatic heterocycles. The Hall–Kier alpha value is -4.95. The van der Waals surface area contributed by atoms with Gasteiger partial charge in [0.15, 0.2) is 12.4 Å². The maximum absolute atomic E-state index is 16.4. The lowest BCUT2D eigenvalue weighted by Gasteiger charge is -2.46. The van der Waals surface area contributed by atoms with Crippen LogP contribution in [0.2, 0.25) is 0 Å². The molecule has 1 fully saturated rings. The number of carbonyl (C=O) groups excluding carboxylic acids is 4. The van der Waals surface area contributed by atoms with Gasteiger partial charge < -0.3 is 38.3 Å². The lowest BCUT2D eigenvalue weighted by molar-refractivity contribution is -0.267. The highest BCUT2D eigenvalue weighted by Crippen LogP contribution is 2.49. The van der Waals surface area contributed by atoms with Gasteiger partial charge in [-0.3, -0.25) is 18.9 Å². The molecule has 4 rings (SSSR count). The lowest BCUT2D eigenvalue weighted by atomic mass is 9.95. The Morgan fingerprint density at radius 3 is 1.55 bits per heavy atom. The van der Waals surface area contributed by atoms with Crippen LogP contribution in [0.4, 0.5) is 13.6 Å². The van der Waals surface area contributed by atoms with Gasteiger partial charge in [0.05, 0.1) is 13.0 Å². The van der Waals surface area contributed by atoms with Crippen LogP contribution in [0.15, 0.2) is 104 Å². The molecule has 1 heterocycles. The van der Waals surface area contributed by atoms with Crippen molar-refractivity contribution in [3.05, 3.63) is 109 Å². The molecule has 0 aromatic heterocycles. The maximum Gasteiger partial charge on any atom is 0.508 e. The van der Waals surface area contributed by atoms with E-state index in [2.05, 4.69) is 32.7 Å². The van der Waals surface area contributed by atoms with Crippen LogP contribution in [0, 0.1) is 0 Å². The third-order valence-electron chi connectivity index (χ3n) is 16.1. The molecule has 1 amide bonds. The van der Waals surface area contributed by atoms with Gasteiger partial charge in [-0.1, -0.05) is 267 Å². The number of hydrogen-bond donors (Lipinski definition) is 1. The average molecular weight is 1240 g/mol. The molecule has 16 heteroatoms. The van der Waals surface area contributed by atoms with Crippen molar-refractivity contribution < 1.29 is 65.5 Å². The molecule has 0 spiro atoms. The topological polar surface area (TPSA) is 162 Å². The summed E-state index contributed by atoms with van der Waals surface area (Å²) in [7, 11) is -4.32. The Kier molecular flexibility index (Phi) is 38.8. The van der Waals surface area contributed by atoms with E-state index in [0.29, 0.717) is 31.2 Å². The first-order valence-electron chi connectivity index (χ1n) is 33.5. The van der Waals surface area contributed by atoms with Gasteiger partial charge in [-0.05, 0) is 55.5 Å². The van der Waals surface area contributed by atoms with E-state index < -0.39 is 93.5 Å². The summed E-state index contributed by atoms with van der Waals surface area (Å²) in [6, 6.07) is 23.8. The molecule has 1 N–H and O–H groups in total. The second kappa shape index (κ2) is 45.3. The molecule has 3 aromatic rings. The van der Waals surface area contributed by atoms with Gasteiger partial charge in [0, 0.05) is 23.5 Å². The summed E-state index contributed by atoms with van der Waals surface area (Å²) in [6.45, 7) is 9.31. The van der Waals surface area contributed by atoms with E-state index in [4.69, 9.17) is 32.9 Å². The van der Waals surface area contributed by atoms with E-state index in [9.17, 15) is 19.2 Å². The van der Waals surface area contributed by atoms with E-state index in [0.717, 1.165) is 89.9 Å². The summed E-state index contributed by atoms with van der Waals surface area (Å²) >= 11 is 0. The largest absolute Gasteiger partial charge is 0.508 e. The first-order valence-corrected chi connectivity index (χ1v) is 35.2. The molecular formula is C71H108F2NO12P. The molecule has 0 unspecified atom stereocenters. The van der Waals surface area contributed by atoms with Gasteiger partial charge >= 0.3 is 24.0 Å². The van der Waals surface area contributed by atoms with E-state index in [-0.39, 0.29) is 36.7 Å². The summed E-state index contributed by atoms with van der Waals surface area (Å²) in [5, 5.41) is 2.90. The third kappa shape index (κ3) is 30.4. The Labute approximate surface area is 521 Å². The van der Waals surface area contributed by atoms with E-state index in [1.165, 1.54) is 83.1 Å². The van der Waals surface area contributed by atoms with Crippen molar-refractivity contribution in [1.82, 2.24) is 5.32 Å². The minimum Gasteiger partial charge on any atom is -0.462 e. The molecule has 1 aliphatic rings. The molecule has 6 atom stereocenters. The number of rotatable bonds is 50. The summed E-state index contributed by atoms with van der Waals surface area (Å²) in [4.78, 5) is 56.2. The quantitative estimate of drug-likeness (QED) is 0.0187. The zero-order chi connectivity index (χ0) is 62.6. The van der Waals surface area contributed by atoms with E-state index >= 15 is 13.3 Å². The van der Waals surface area contributed by atoms with Crippen LogP contribution in [0.1, 0.15) is 245 Å². The van der Waals surface area contributed by atoms with Crippen LogP contribution in [0.3, 0.4) is 0 Å². The lowest BCUT2D eigenvalue weighted by Crippen LogP contribution is -2.67. The normalized spacial score (nSPS) is 17.3. The molecule has 3 aromatic carbocycles. The number of alkyl halides is 2. The van der Waals surface area contributed by atoms with Gasteiger partial charge in [-0.2, -0.15) is 8.78 Å². The number of ether oxygens (including phenoxy) is 6. The first-order chi connectivity index (χ1) is 42.3. The SMILES string of the molecule is C=CCO[C@@H]1O[C@H](COC(=O)OCc2ccccc2)[C@@H](OP(=O)(c2ccccc2)c2ccccc2)[C@H](OC(=O)C[C@@H](CCCCCCCCCCC)OC(=O)CCCCCCCCCCCCC)[C@H]1NC(=O)C(F)(F)CCCCCCCCCCCC. The predicted molar refractivity (Wildman–Crippen MR) is 343 cm³/mol. The van der Waals surface area contributed by atoms with Gasteiger partial charge in [0.1, 0.15) is 37.6 Å². The van der Waals surface area contributed by atoms with Crippen molar-refractivity contribution in [3.8, 4) is 0 Å². The molecule has 13 nitrogen and oxygen atoms in total. The number of halogens is 2. The van der Waals surface area contributed by atoms with E-state index in [1.807, 2.05) is 6.07 Å². The van der Waals surface area contributed by atoms with Gasteiger partial charge in [0.2, 0.25) is 0 Å². The van der Waals surface area contributed by atoms with Crippen LogP contribution >= 0.6 is 7.37 Å². The number of unbranched alkanes of at least 4 members (excludes halogenated alkanes) is 27. The molecule has 488 valence electrons. The number of esters is 2. The molecule has 1 saturated heterocycles. The van der Waals surface area contributed by atoms with Gasteiger partial charge in [-0.15, -0.1) is 6.58 Å². The number of amides is 1. The van der Waals surface area contributed by atoms with Crippen LogP contribution in [-0.4, -0.2) is 79.9 Å². The fourth-order valence-electron chi connectivity index (χ4n) is 11.0. The fourth-order valence-corrected chi connectivity index (χ4v) is 13.3. The van der Waals surface area contributed by atoms with Crippen molar-refractivity contribution in [1.29, 1.82) is 0 Å². The summed E-state index contributed by atoms with van der Waals surface area (Å²) in [5.41, 5.74) is 0.681. The minimum absolute atomic E-state index is 0.0768. The zero-order valence-corrected chi connectivity index (χ0v) is 54.1. The molecule has 0 saturated carbocycles. The van der Waals surface area contributed by atoms with Crippen LogP contribution in [-0.2, 0) is 58.5 Å². The summed E-state index contributed by atoms with van der Waals surface area (Å²) in [6.07, 6.45) is 22.7. The van der Waals surface area contributed by atoms with Gasteiger partial charge in [-0.25, -0.2) is 4.79 Å². The fraction of sp³-hybridized carbons (Fsp3) is 0.662. The molecule has 0 bridgehead atoms. The Morgan fingerprint density at radius 1 is 0.598 bits per heavy atom. The molecular weight excluding hydrogens is 1130 g/mol. The number of benzene rings is 3. The second-order valence-electron chi connectivity index (χ2n) is 23.6. The third-order valence-corrected chi connectivity index (χ3v) is 18.6. The van der Waals surface area contributed by atoms with Crippen molar-refractivity contribution in [2.24, 2.45) is 0 Å². The number of nitrogens with one attached hydrogen (secondary N) is 1. The minimum atomic E-state index is -4.32. The average Bonchev–Trinajstić information content (AvgIpc) is 1.05. The Balaban J connectivity index is 1.70. The van der Waals surface area contributed by atoms with Crippen LogP contribution in [0.5, 0.6) is 0 Å². The van der Waals surface area contributed by atoms with Crippen molar-refractivity contribution >= 4 is 42.0 Å². The number of hydrogen-bond acceptors (Lipinski definition) is 12. The monoisotopic (exact) mass is 1240 g/mol. The molecule has 0 aliphatic carbocycles. The van der Waals surface area contributed by atoms with Crippen molar-refractivity contribution in [2.75, 3.05) is 13.2 Å². The Morgan fingerprint density at radius 2 is 1.06 bits per heavy atom. The smallest absolute Gasteiger partial charge is 0.462 e. The molecule has 0 radical (unpaired) electrons. The second-order valence-corrected chi connectivity index (χ2v) is 25.9. The van der Waals surface area contributed by atoms with Crippen LogP contribution in [0.25, 0.3) is 0 Å². The Bertz CT molecular complexity index is 2300. The predicted octanol–water partition coefficient (Wildman–Crippen LogP) is 17.8. The highest BCUT2D eigenvalue weighted by atomic mass is 31.2. The zero-order valence-electron chi connectivity index (χ0n) is 53.2. The van der Waals surface area contributed by atoms with Crippen molar-refractivity contribution in [2.45, 2.75) is 288 Å².